The number of amides is 3. The summed E-state index contributed by atoms with van der Waals surface area (Å²) in [5.41, 5.74) is 2.48. The lowest BCUT2D eigenvalue weighted by Gasteiger charge is -2.18. The van der Waals surface area contributed by atoms with Gasteiger partial charge in [-0.1, -0.05) is 12.1 Å². The molecule has 1 fully saturated rings. The highest BCUT2D eigenvalue weighted by Crippen LogP contribution is 2.28. The maximum atomic E-state index is 12.5. The summed E-state index contributed by atoms with van der Waals surface area (Å²) in [7, 11) is 1.65. The molecular weight excluding hydrogens is 342 g/mol. The molecule has 1 atom stereocenters. The minimum atomic E-state index is -0.114. The first kappa shape index (κ1) is 18.8. The third-order valence-electron chi connectivity index (χ3n) is 4.80. The van der Waals surface area contributed by atoms with Gasteiger partial charge in [0.2, 0.25) is 0 Å². The largest absolute Gasteiger partial charge is 0.497 e. The van der Waals surface area contributed by atoms with Gasteiger partial charge in [0.1, 0.15) is 5.75 Å². The van der Waals surface area contributed by atoms with Crippen LogP contribution in [0.5, 0.6) is 5.75 Å². The van der Waals surface area contributed by atoms with Gasteiger partial charge in [-0.05, 0) is 55.3 Å². The average Bonchev–Trinajstić information content (AvgIpc) is 3.19. The quantitative estimate of drug-likeness (QED) is 0.850. The first-order valence-corrected chi connectivity index (χ1v) is 9.19. The van der Waals surface area contributed by atoms with E-state index in [1.54, 1.807) is 31.4 Å². The predicted octanol–water partition coefficient (Wildman–Crippen LogP) is 3.47. The van der Waals surface area contributed by atoms with Crippen molar-refractivity contribution in [3.63, 3.8) is 0 Å². The summed E-state index contributed by atoms with van der Waals surface area (Å²) in [5.74, 6) is 1.06. The van der Waals surface area contributed by atoms with Gasteiger partial charge in [-0.15, -0.1) is 0 Å². The number of benzene rings is 2. The van der Waals surface area contributed by atoms with Gasteiger partial charge < -0.3 is 20.3 Å². The second kappa shape index (κ2) is 8.58. The van der Waals surface area contributed by atoms with Crippen LogP contribution in [0.2, 0.25) is 0 Å². The highest BCUT2D eigenvalue weighted by atomic mass is 16.5. The summed E-state index contributed by atoms with van der Waals surface area (Å²) < 4.78 is 5.19. The van der Waals surface area contributed by atoms with Gasteiger partial charge in [0, 0.05) is 36.8 Å². The van der Waals surface area contributed by atoms with Gasteiger partial charge in [-0.3, -0.25) is 4.79 Å². The third kappa shape index (κ3) is 4.58. The number of hydrogen-bond acceptors (Lipinski definition) is 3. The molecule has 1 unspecified atom stereocenters. The number of carbonyl (C=O) groups is 2. The van der Waals surface area contributed by atoms with Crippen LogP contribution in [-0.2, 0) is 0 Å². The minimum absolute atomic E-state index is 0.114. The van der Waals surface area contributed by atoms with Crippen molar-refractivity contribution in [3.05, 3.63) is 59.7 Å². The Morgan fingerprint density at radius 2 is 1.81 bits per heavy atom. The number of carbonyl (C=O) groups excluding carboxylic acids is 2. The van der Waals surface area contributed by atoms with Crippen molar-refractivity contribution in [2.24, 2.45) is 0 Å². The zero-order valence-electron chi connectivity index (χ0n) is 15.7. The van der Waals surface area contributed by atoms with Crippen LogP contribution in [0.15, 0.2) is 48.5 Å². The second-order valence-corrected chi connectivity index (χ2v) is 6.57. The molecule has 1 aliphatic heterocycles. The van der Waals surface area contributed by atoms with E-state index in [-0.39, 0.29) is 11.9 Å². The number of likely N-dealkylation sites (tertiary alicyclic amines) is 1. The standard InChI is InChI=1S/C21H25N3O3/c1-3-22-20(25)16-4-8-18(9-5-16)23-21(26)24-13-12-17(14-24)15-6-10-19(27-2)11-7-15/h4-11,17H,3,12-14H2,1-2H3,(H,22,25)(H,23,26). The highest BCUT2D eigenvalue weighted by Gasteiger charge is 2.27. The van der Waals surface area contributed by atoms with Crippen molar-refractivity contribution in [2.45, 2.75) is 19.3 Å². The van der Waals surface area contributed by atoms with E-state index in [1.165, 1.54) is 5.56 Å². The van der Waals surface area contributed by atoms with Crippen molar-refractivity contribution in [3.8, 4) is 5.75 Å². The average molecular weight is 367 g/mol. The first-order chi connectivity index (χ1) is 13.1. The molecule has 0 aliphatic carbocycles. The minimum Gasteiger partial charge on any atom is -0.497 e. The monoisotopic (exact) mass is 367 g/mol. The molecule has 2 aromatic rings. The van der Waals surface area contributed by atoms with Gasteiger partial charge >= 0.3 is 6.03 Å². The van der Waals surface area contributed by atoms with E-state index in [1.807, 2.05) is 24.0 Å². The molecule has 3 amide bonds. The molecule has 0 saturated carbocycles. The van der Waals surface area contributed by atoms with E-state index in [0.29, 0.717) is 30.3 Å². The Labute approximate surface area is 159 Å². The Hall–Kier alpha value is -3.02. The summed E-state index contributed by atoms with van der Waals surface area (Å²) in [6.45, 7) is 3.87. The zero-order valence-corrected chi connectivity index (χ0v) is 15.7. The van der Waals surface area contributed by atoms with Crippen LogP contribution >= 0.6 is 0 Å². The summed E-state index contributed by atoms with van der Waals surface area (Å²) in [6, 6.07) is 14.8. The summed E-state index contributed by atoms with van der Waals surface area (Å²) >= 11 is 0. The Balaban J connectivity index is 1.56. The second-order valence-electron chi connectivity index (χ2n) is 6.57. The highest BCUT2D eigenvalue weighted by molar-refractivity contribution is 5.95. The van der Waals surface area contributed by atoms with Crippen LogP contribution in [-0.4, -0.2) is 43.6 Å². The zero-order chi connectivity index (χ0) is 19.2. The number of rotatable bonds is 5. The van der Waals surface area contributed by atoms with Crippen molar-refractivity contribution in [1.29, 1.82) is 0 Å². The van der Waals surface area contributed by atoms with E-state index in [0.717, 1.165) is 18.7 Å². The number of nitrogens with one attached hydrogen (secondary N) is 2. The van der Waals surface area contributed by atoms with Crippen LogP contribution in [0, 0.1) is 0 Å². The van der Waals surface area contributed by atoms with Crippen LogP contribution < -0.4 is 15.4 Å². The molecule has 3 rings (SSSR count). The van der Waals surface area contributed by atoms with Crippen LogP contribution in [0.25, 0.3) is 0 Å². The number of nitrogens with zero attached hydrogens (tertiary/aromatic N) is 1. The van der Waals surface area contributed by atoms with Gasteiger partial charge in [0.05, 0.1) is 7.11 Å². The van der Waals surface area contributed by atoms with Crippen molar-refractivity contribution < 1.29 is 14.3 Å². The summed E-state index contributed by atoms with van der Waals surface area (Å²) in [5, 5.41) is 5.66. The Kier molecular flexibility index (Phi) is 5.96. The third-order valence-corrected chi connectivity index (χ3v) is 4.80. The number of anilines is 1. The first-order valence-electron chi connectivity index (χ1n) is 9.19. The molecule has 0 radical (unpaired) electrons. The van der Waals surface area contributed by atoms with Crippen molar-refractivity contribution in [1.82, 2.24) is 10.2 Å². The molecule has 2 aromatic carbocycles. The number of ether oxygens (including phenoxy) is 1. The number of urea groups is 1. The molecular formula is C21H25N3O3. The topological polar surface area (TPSA) is 70.7 Å². The predicted molar refractivity (Wildman–Crippen MR) is 105 cm³/mol. The Morgan fingerprint density at radius 1 is 1.11 bits per heavy atom. The van der Waals surface area contributed by atoms with Gasteiger partial charge in [-0.25, -0.2) is 4.79 Å². The molecule has 2 N–H and O–H groups in total. The maximum absolute atomic E-state index is 12.5. The fraction of sp³-hybridized carbons (Fsp3) is 0.333. The van der Waals surface area contributed by atoms with Crippen LogP contribution in [0.1, 0.15) is 35.2 Å². The normalized spacial score (nSPS) is 16.1. The summed E-state index contributed by atoms with van der Waals surface area (Å²) in [4.78, 5) is 26.1. The van der Waals surface area contributed by atoms with Gasteiger partial charge in [0.25, 0.3) is 5.91 Å². The van der Waals surface area contributed by atoms with Crippen molar-refractivity contribution >= 4 is 17.6 Å². The van der Waals surface area contributed by atoms with Crippen LogP contribution in [0.3, 0.4) is 0 Å². The molecule has 1 aliphatic rings. The molecule has 0 aromatic heterocycles. The van der Waals surface area contributed by atoms with Crippen molar-refractivity contribution in [2.75, 3.05) is 32.1 Å². The van der Waals surface area contributed by atoms with Gasteiger partial charge in [-0.2, -0.15) is 0 Å². The molecule has 1 heterocycles. The Bertz CT molecular complexity index is 787. The maximum Gasteiger partial charge on any atom is 0.321 e. The van der Waals surface area contributed by atoms with E-state index in [2.05, 4.69) is 22.8 Å². The molecule has 0 spiro atoms. The fourth-order valence-corrected chi connectivity index (χ4v) is 3.26. The summed E-state index contributed by atoms with van der Waals surface area (Å²) in [6.07, 6.45) is 0.940. The van der Waals surface area contributed by atoms with Gasteiger partial charge in [0.15, 0.2) is 0 Å². The fourth-order valence-electron chi connectivity index (χ4n) is 3.26. The molecule has 6 heteroatoms. The van der Waals surface area contributed by atoms with E-state index in [4.69, 9.17) is 4.74 Å². The number of methoxy groups -OCH3 is 1. The lowest BCUT2D eigenvalue weighted by molar-refractivity contribution is 0.0956. The smallest absolute Gasteiger partial charge is 0.321 e. The molecule has 1 saturated heterocycles. The lowest BCUT2D eigenvalue weighted by Crippen LogP contribution is -2.32. The molecule has 27 heavy (non-hydrogen) atoms. The molecule has 6 nitrogen and oxygen atoms in total. The SMILES string of the molecule is CCNC(=O)c1ccc(NC(=O)N2CCC(c3ccc(OC)cc3)C2)cc1. The van der Waals surface area contributed by atoms with E-state index < -0.39 is 0 Å². The number of hydrogen-bond donors (Lipinski definition) is 2. The van der Waals surface area contributed by atoms with Crippen LogP contribution in [0.4, 0.5) is 10.5 Å². The Morgan fingerprint density at radius 3 is 2.44 bits per heavy atom. The van der Waals surface area contributed by atoms with E-state index in [9.17, 15) is 9.59 Å². The molecule has 0 bridgehead atoms. The van der Waals surface area contributed by atoms with E-state index >= 15 is 0 Å². The molecule has 142 valence electrons. The lowest BCUT2D eigenvalue weighted by atomic mass is 9.98.